The summed E-state index contributed by atoms with van der Waals surface area (Å²) in [5.41, 5.74) is 9.19. The van der Waals surface area contributed by atoms with Crippen LogP contribution in [0, 0.1) is 11.3 Å². The average molecular weight is 449 g/mol. The quantitative estimate of drug-likeness (QED) is 0.437. The van der Waals surface area contributed by atoms with Crippen LogP contribution in [0.2, 0.25) is 0 Å². The maximum atomic E-state index is 12.6. The van der Waals surface area contributed by atoms with Crippen LogP contribution in [0.4, 0.5) is 0 Å². The molecule has 1 unspecified atom stereocenters. The lowest BCUT2D eigenvalue weighted by atomic mass is 10.0. The molecule has 0 saturated carbocycles. The van der Waals surface area contributed by atoms with E-state index in [1.807, 2.05) is 36.4 Å². The van der Waals surface area contributed by atoms with Crippen molar-refractivity contribution in [2.75, 3.05) is 20.2 Å². The fraction of sp³-hybridized carbons (Fsp3) is 0.292. The minimum atomic E-state index is -0.758. The number of rotatable bonds is 10. The average Bonchev–Trinajstić information content (AvgIpc) is 3.32. The van der Waals surface area contributed by atoms with Crippen molar-refractivity contribution in [3.63, 3.8) is 0 Å². The zero-order valence-corrected chi connectivity index (χ0v) is 18.7. The molecule has 0 bridgehead atoms. The summed E-state index contributed by atoms with van der Waals surface area (Å²) >= 11 is 0. The molecule has 0 aliphatic carbocycles. The summed E-state index contributed by atoms with van der Waals surface area (Å²) in [6.45, 7) is 3.18. The smallest absolute Gasteiger partial charge is 0.271 e. The highest BCUT2D eigenvalue weighted by Gasteiger charge is 2.21. The molecule has 0 spiro atoms. The molecular formula is C24H28N6O3. The minimum absolute atomic E-state index is 0.192. The second kappa shape index (κ2) is 11.7. The standard InChI is InChI=1S/C24H28N6O3/c1-3-17-8-10-18(11-9-17)21(14-25)27-24(32)22-15-30(29-28-22)13-12-26-23(31)20-7-5-4-6-19(20)16-33-2/h4-11,15,21,28-29H,3,12-13,16H2,1-2H3,(H,26,31)(H,27,32). The number of benzene rings is 2. The van der Waals surface area contributed by atoms with Gasteiger partial charge >= 0.3 is 0 Å². The van der Waals surface area contributed by atoms with E-state index in [0.29, 0.717) is 25.3 Å². The third-order valence-corrected chi connectivity index (χ3v) is 5.19. The van der Waals surface area contributed by atoms with E-state index in [0.717, 1.165) is 23.1 Å². The van der Waals surface area contributed by atoms with E-state index in [4.69, 9.17) is 4.74 Å². The van der Waals surface area contributed by atoms with E-state index in [1.54, 1.807) is 30.5 Å². The molecule has 4 N–H and O–H groups in total. The van der Waals surface area contributed by atoms with Gasteiger partial charge in [-0.05, 0) is 29.2 Å². The lowest BCUT2D eigenvalue weighted by Gasteiger charge is -2.16. The van der Waals surface area contributed by atoms with Crippen LogP contribution in [-0.2, 0) is 22.6 Å². The first-order valence-corrected chi connectivity index (χ1v) is 10.7. The lowest BCUT2D eigenvalue weighted by molar-refractivity contribution is -0.118. The van der Waals surface area contributed by atoms with Gasteiger partial charge in [-0.25, -0.2) is 0 Å². The van der Waals surface area contributed by atoms with Gasteiger partial charge in [-0.3, -0.25) is 20.0 Å². The predicted octanol–water partition coefficient (Wildman–Crippen LogP) is 1.67. The van der Waals surface area contributed by atoms with Crippen molar-refractivity contribution in [2.45, 2.75) is 26.0 Å². The molecule has 2 amide bonds. The van der Waals surface area contributed by atoms with Crippen LogP contribution < -0.4 is 21.6 Å². The largest absolute Gasteiger partial charge is 0.380 e. The van der Waals surface area contributed by atoms with Crippen molar-refractivity contribution in [3.05, 3.63) is 82.7 Å². The molecule has 1 aliphatic rings. The topological polar surface area (TPSA) is 119 Å². The summed E-state index contributed by atoms with van der Waals surface area (Å²) in [5, 5.41) is 16.7. The van der Waals surface area contributed by atoms with Crippen LogP contribution in [0.3, 0.4) is 0 Å². The number of hydrogen-bond donors (Lipinski definition) is 4. The Morgan fingerprint density at radius 2 is 1.91 bits per heavy atom. The molecule has 0 fully saturated rings. The Bertz CT molecular complexity index is 1040. The Hall–Kier alpha value is -3.87. The molecule has 1 heterocycles. The Balaban J connectivity index is 1.51. The highest BCUT2D eigenvalue weighted by molar-refractivity contribution is 5.95. The van der Waals surface area contributed by atoms with Crippen molar-refractivity contribution in [1.82, 2.24) is 26.6 Å². The van der Waals surface area contributed by atoms with E-state index in [1.165, 1.54) is 0 Å². The Morgan fingerprint density at radius 1 is 1.15 bits per heavy atom. The summed E-state index contributed by atoms with van der Waals surface area (Å²) in [5.74, 6) is -0.601. The molecule has 0 saturated heterocycles. The Labute approximate surface area is 193 Å². The van der Waals surface area contributed by atoms with Gasteiger partial charge in [0.05, 0.1) is 19.2 Å². The minimum Gasteiger partial charge on any atom is -0.380 e. The molecule has 3 rings (SSSR count). The molecule has 172 valence electrons. The molecule has 0 radical (unpaired) electrons. The number of hydrogen-bond acceptors (Lipinski definition) is 7. The van der Waals surface area contributed by atoms with Gasteiger partial charge in [-0.2, -0.15) is 5.26 Å². The molecule has 9 heteroatoms. The van der Waals surface area contributed by atoms with Crippen LogP contribution >= 0.6 is 0 Å². The number of nitrogens with one attached hydrogen (secondary N) is 4. The predicted molar refractivity (Wildman–Crippen MR) is 123 cm³/mol. The third kappa shape index (κ3) is 6.32. The number of aryl methyl sites for hydroxylation is 1. The summed E-state index contributed by atoms with van der Waals surface area (Å²) < 4.78 is 5.14. The monoisotopic (exact) mass is 448 g/mol. The fourth-order valence-corrected chi connectivity index (χ4v) is 3.34. The van der Waals surface area contributed by atoms with Gasteiger partial charge in [0, 0.05) is 25.4 Å². The fourth-order valence-electron chi connectivity index (χ4n) is 3.34. The van der Waals surface area contributed by atoms with Crippen molar-refractivity contribution < 1.29 is 14.3 Å². The van der Waals surface area contributed by atoms with E-state index in [9.17, 15) is 14.9 Å². The summed E-state index contributed by atoms with van der Waals surface area (Å²) in [4.78, 5) is 25.1. The highest BCUT2D eigenvalue weighted by Crippen LogP contribution is 2.15. The number of nitriles is 1. The van der Waals surface area contributed by atoms with Gasteiger partial charge in [0.15, 0.2) is 0 Å². The van der Waals surface area contributed by atoms with Crippen molar-refractivity contribution >= 4 is 11.8 Å². The van der Waals surface area contributed by atoms with E-state index in [-0.39, 0.29) is 11.6 Å². The van der Waals surface area contributed by atoms with E-state index < -0.39 is 11.9 Å². The number of hydrazine groups is 2. The normalized spacial score (nSPS) is 13.5. The number of carbonyl (C=O) groups excluding carboxylic acids is 2. The second-order valence-electron chi connectivity index (χ2n) is 7.45. The van der Waals surface area contributed by atoms with Gasteiger partial charge < -0.3 is 15.4 Å². The molecule has 2 aromatic rings. The van der Waals surface area contributed by atoms with Gasteiger partial charge in [-0.15, -0.1) is 5.53 Å². The number of methoxy groups -OCH3 is 1. The zero-order chi connectivity index (χ0) is 23.6. The van der Waals surface area contributed by atoms with Crippen molar-refractivity contribution in [2.24, 2.45) is 0 Å². The van der Waals surface area contributed by atoms with Gasteiger partial charge in [0.2, 0.25) is 0 Å². The van der Waals surface area contributed by atoms with Gasteiger partial charge in [-0.1, -0.05) is 49.4 Å². The van der Waals surface area contributed by atoms with Crippen LogP contribution in [-0.4, -0.2) is 37.0 Å². The molecule has 2 aromatic carbocycles. The van der Waals surface area contributed by atoms with Crippen molar-refractivity contribution in [3.8, 4) is 6.07 Å². The number of ether oxygens (including phenoxy) is 1. The highest BCUT2D eigenvalue weighted by atomic mass is 16.5. The molecule has 1 atom stereocenters. The maximum absolute atomic E-state index is 12.6. The van der Waals surface area contributed by atoms with Crippen LogP contribution in [0.5, 0.6) is 0 Å². The number of amides is 2. The molecule has 1 aliphatic heterocycles. The number of nitrogens with zero attached hydrogens (tertiary/aromatic N) is 2. The summed E-state index contributed by atoms with van der Waals surface area (Å²) in [7, 11) is 1.58. The third-order valence-electron chi connectivity index (χ3n) is 5.19. The summed E-state index contributed by atoms with van der Waals surface area (Å²) in [6.07, 6.45) is 2.50. The number of carbonyl (C=O) groups is 2. The first-order valence-electron chi connectivity index (χ1n) is 10.7. The SMILES string of the molecule is CCc1ccc(C(C#N)NC(=O)C2=CN(CCNC(=O)c3ccccc3COC)NN2)cc1. The van der Waals surface area contributed by atoms with E-state index >= 15 is 0 Å². The van der Waals surface area contributed by atoms with E-state index in [2.05, 4.69) is 34.6 Å². The maximum Gasteiger partial charge on any atom is 0.271 e. The molecule has 9 nitrogen and oxygen atoms in total. The van der Waals surface area contributed by atoms with Gasteiger partial charge in [0.25, 0.3) is 11.8 Å². The van der Waals surface area contributed by atoms with Crippen LogP contribution in [0.1, 0.15) is 40.0 Å². The molecule has 33 heavy (non-hydrogen) atoms. The van der Waals surface area contributed by atoms with Gasteiger partial charge in [0.1, 0.15) is 11.7 Å². The van der Waals surface area contributed by atoms with Crippen LogP contribution in [0.15, 0.2) is 60.4 Å². The van der Waals surface area contributed by atoms with Crippen LogP contribution in [0.25, 0.3) is 0 Å². The van der Waals surface area contributed by atoms with Crippen molar-refractivity contribution in [1.29, 1.82) is 5.26 Å². The molecule has 0 aromatic heterocycles. The second-order valence-corrected chi connectivity index (χ2v) is 7.45. The zero-order valence-electron chi connectivity index (χ0n) is 18.7. The lowest BCUT2D eigenvalue weighted by Crippen LogP contribution is -2.42. The molecular weight excluding hydrogens is 420 g/mol. The Morgan fingerprint density at radius 3 is 2.61 bits per heavy atom. The first-order chi connectivity index (χ1) is 16.0. The Kier molecular flexibility index (Phi) is 8.41. The first kappa shape index (κ1) is 23.8. The summed E-state index contributed by atoms with van der Waals surface area (Å²) in [6, 6.07) is 16.2.